The molecule has 1 unspecified atom stereocenters. The van der Waals surface area contributed by atoms with Crippen molar-refractivity contribution in [3.05, 3.63) is 34.9 Å². The maximum atomic E-state index is 6.04. The molecule has 2 nitrogen and oxygen atoms in total. The molecule has 112 valence electrons. The molecular formula is C17H27ClN2. The van der Waals surface area contributed by atoms with Crippen LogP contribution in [-0.2, 0) is 0 Å². The van der Waals surface area contributed by atoms with Crippen LogP contribution in [0.3, 0.4) is 0 Å². The summed E-state index contributed by atoms with van der Waals surface area (Å²) in [5, 5.41) is 4.38. The van der Waals surface area contributed by atoms with Crippen LogP contribution in [0.2, 0.25) is 5.02 Å². The Bertz CT molecular complexity index is 406. The fraction of sp³-hybridized carbons (Fsp3) is 0.647. The fourth-order valence-electron chi connectivity index (χ4n) is 3.85. The number of hydrogen-bond acceptors (Lipinski definition) is 2. The van der Waals surface area contributed by atoms with E-state index in [1.54, 1.807) is 0 Å². The second-order valence-corrected chi connectivity index (χ2v) is 6.21. The lowest BCUT2D eigenvalue weighted by atomic mass is 9.79. The molecule has 1 aliphatic heterocycles. The Morgan fingerprint density at radius 2 is 1.70 bits per heavy atom. The van der Waals surface area contributed by atoms with Gasteiger partial charge in [0.2, 0.25) is 0 Å². The number of benzene rings is 1. The molecule has 1 atom stereocenters. The Labute approximate surface area is 128 Å². The van der Waals surface area contributed by atoms with Crippen LogP contribution in [0.15, 0.2) is 24.3 Å². The van der Waals surface area contributed by atoms with Gasteiger partial charge in [-0.05, 0) is 63.5 Å². The lowest BCUT2D eigenvalue weighted by molar-refractivity contribution is 0.0647. The molecule has 1 aliphatic rings. The summed E-state index contributed by atoms with van der Waals surface area (Å²) in [4.78, 5) is 2.70. The van der Waals surface area contributed by atoms with Crippen molar-refractivity contribution in [2.75, 3.05) is 20.1 Å². The van der Waals surface area contributed by atoms with Crippen molar-refractivity contribution in [2.45, 2.75) is 51.1 Å². The summed E-state index contributed by atoms with van der Waals surface area (Å²) in [6.45, 7) is 7.10. The van der Waals surface area contributed by atoms with Gasteiger partial charge >= 0.3 is 0 Å². The predicted molar refractivity (Wildman–Crippen MR) is 87.4 cm³/mol. The summed E-state index contributed by atoms with van der Waals surface area (Å²) in [5.74, 6) is 0. The van der Waals surface area contributed by atoms with Gasteiger partial charge in [-0.15, -0.1) is 0 Å². The lowest BCUT2D eigenvalue weighted by Crippen LogP contribution is -2.54. The van der Waals surface area contributed by atoms with E-state index in [0.717, 1.165) is 17.9 Å². The first-order valence-electron chi connectivity index (χ1n) is 7.85. The highest BCUT2D eigenvalue weighted by atomic mass is 35.5. The number of hydrogen-bond donors (Lipinski definition) is 1. The summed E-state index contributed by atoms with van der Waals surface area (Å²) in [6.07, 6.45) is 4.99. The van der Waals surface area contributed by atoms with Crippen LogP contribution in [-0.4, -0.2) is 30.6 Å². The van der Waals surface area contributed by atoms with Crippen LogP contribution >= 0.6 is 11.6 Å². The first kappa shape index (κ1) is 15.8. The molecule has 0 radical (unpaired) electrons. The zero-order chi connectivity index (χ0) is 14.6. The van der Waals surface area contributed by atoms with Gasteiger partial charge in [-0.3, -0.25) is 4.90 Å². The minimum atomic E-state index is 0.207. The van der Waals surface area contributed by atoms with Crippen LogP contribution in [0.25, 0.3) is 0 Å². The zero-order valence-electron chi connectivity index (χ0n) is 13.0. The Balaban J connectivity index is 2.35. The molecule has 1 aromatic rings. The molecule has 1 aromatic carbocycles. The van der Waals surface area contributed by atoms with Gasteiger partial charge in [0.1, 0.15) is 0 Å². The fourth-order valence-corrected chi connectivity index (χ4v) is 3.98. The molecule has 20 heavy (non-hydrogen) atoms. The minimum Gasteiger partial charge on any atom is -0.311 e. The molecule has 0 amide bonds. The number of halogens is 1. The molecule has 2 rings (SSSR count). The summed E-state index contributed by atoms with van der Waals surface area (Å²) < 4.78 is 0. The monoisotopic (exact) mass is 294 g/mol. The van der Waals surface area contributed by atoms with Gasteiger partial charge in [-0.1, -0.05) is 37.6 Å². The van der Waals surface area contributed by atoms with Gasteiger partial charge < -0.3 is 5.32 Å². The van der Waals surface area contributed by atoms with Crippen molar-refractivity contribution in [3.63, 3.8) is 0 Å². The molecule has 1 heterocycles. The van der Waals surface area contributed by atoms with E-state index >= 15 is 0 Å². The first-order valence-corrected chi connectivity index (χ1v) is 8.23. The van der Waals surface area contributed by atoms with Gasteiger partial charge in [0.25, 0.3) is 0 Å². The standard InChI is InChI=1S/C17H27ClN2/c1-4-17(5-2,20-12-6-7-13-20)16(19-3)14-8-10-15(18)11-9-14/h8-11,16,19H,4-7,12-13H2,1-3H3. The van der Waals surface area contributed by atoms with Crippen molar-refractivity contribution in [1.29, 1.82) is 0 Å². The molecule has 1 saturated heterocycles. The molecule has 1 N–H and O–H groups in total. The quantitative estimate of drug-likeness (QED) is 0.843. The van der Waals surface area contributed by atoms with Gasteiger partial charge in [0.15, 0.2) is 0 Å². The summed E-state index contributed by atoms with van der Waals surface area (Å²) in [6, 6.07) is 8.69. The van der Waals surface area contributed by atoms with E-state index in [1.807, 2.05) is 12.1 Å². The van der Waals surface area contributed by atoms with E-state index < -0.39 is 0 Å². The SMILES string of the molecule is CCC(CC)(C(NC)c1ccc(Cl)cc1)N1CCCC1. The van der Waals surface area contributed by atoms with Crippen molar-refractivity contribution >= 4 is 11.6 Å². The van der Waals surface area contributed by atoms with Crippen LogP contribution in [0.1, 0.15) is 51.1 Å². The second kappa shape index (κ2) is 6.93. The maximum Gasteiger partial charge on any atom is 0.0504 e. The first-order chi connectivity index (χ1) is 9.67. The zero-order valence-corrected chi connectivity index (χ0v) is 13.7. The molecule has 3 heteroatoms. The van der Waals surface area contributed by atoms with Crippen LogP contribution in [0.5, 0.6) is 0 Å². The van der Waals surface area contributed by atoms with E-state index in [2.05, 4.69) is 43.2 Å². The average molecular weight is 295 g/mol. The van der Waals surface area contributed by atoms with Crippen molar-refractivity contribution in [3.8, 4) is 0 Å². The molecular weight excluding hydrogens is 268 g/mol. The number of likely N-dealkylation sites (N-methyl/N-ethyl adjacent to an activating group) is 1. The van der Waals surface area contributed by atoms with E-state index in [-0.39, 0.29) is 5.54 Å². The summed E-state index contributed by atoms with van der Waals surface area (Å²) in [7, 11) is 2.08. The number of likely N-dealkylation sites (tertiary alicyclic amines) is 1. The van der Waals surface area contributed by atoms with E-state index in [9.17, 15) is 0 Å². The van der Waals surface area contributed by atoms with Gasteiger partial charge in [-0.25, -0.2) is 0 Å². The van der Waals surface area contributed by atoms with Crippen LogP contribution < -0.4 is 5.32 Å². The maximum absolute atomic E-state index is 6.04. The predicted octanol–water partition coefficient (Wildman–Crippen LogP) is 4.26. The largest absolute Gasteiger partial charge is 0.311 e. The Morgan fingerprint density at radius 3 is 2.15 bits per heavy atom. The minimum absolute atomic E-state index is 0.207. The number of nitrogens with one attached hydrogen (secondary N) is 1. The van der Waals surface area contributed by atoms with Crippen molar-refractivity contribution < 1.29 is 0 Å². The van der Waals surface area contributed by atoms with Gasteiger partial charge in [-0.2, -0.15) is 0 Å². The molecule has 1 fully saturated rings. The lowest BCUT2D eigenvalue weighted by Gasteiger charge is -2.47. The Morgan fingerprint density at radius 1 is 1.15 bits per heavy atom. The highest BCUT2D eigenvalue weighted by Crippen LogP contribution is 2.39. The smallest absolute Gasteiger partial charge is 0.0504 e. The second-order valence-electron chi connectivity index (χ2n) is 5.78. The van der Waals surface area contributed by atoms with E-state index in [1.165, 1.54) is 31.5 Å². The average Bonchev–Trinajstić information content (AvgIpc) is 3.01. The molecule has 0 aliphatic carbocycles. The van der Waals surface area contributed by atoms with E-state index in [4.69, 9.17) is 11.6 Å². The third-order valence-corrected chi connectivity index (χ3v) is 5.24. The summed E-state index contributed by atoms with van der Waals surface area (Å²) >= 11 is 6.04. The molecule has 0 aromatic heterocycles. The van der Waals surface area contributed by atoms with Gasteiger partial charge in [0, 0.05) is 10.6 Å². The van der Waals surface area contributed by atoms with Crippen molar-refractivity contribution in [1.82, 2.24) is 10.2 Å². The van der Waals surface area contributed by atoms with E-state index in [0.29, 0.717) is 6.04 Å². The van der Waals surface area contributed by atoms with Crippen LogP contribution in [0.4, 0.5) is 0 Å². The number of rotatable bonds is 6. The van der Waals surface area contributed by atoms with Crippen LogP contribution in [0, 0.1) is 0 Å². The Hall–Kier alpha value is -0.570. The third kappa shape index (κ3) is 2.88. The molecule has 0 saturated carbocycles. The highest BCUT2D eigenvalue weighted by Gasteiger charge is 2.42. The normalized spacial score (nSPS) is 18.4. The highest BCUT2D eigenvalue weighted by molar-refractivity contribution is 6.30. The third-order valence-electron chi connectivity index (χ3n) is 4.99. The summed E-state index contributed by atoms with van der Waals surface area (Å²) in [5.41, 5.74) is 1.55. The molecule has 0 spiro atoms. The van der Waals surface area contributed by atoms with Crippen molar-refractivity contribution in [2.24, 2.45) is 0 Å². The topological polar surface area (TPSA) is 15.3 Å². The van der Waals surface area contributed by atoms with Gasteiger partial charge in [0.05, 0.1) is 6.04 Å². The molecule has 0 bridgehead atoms. The number of nitrogens with zero attached hydrogens (tertiary/aromatic N) is 1. The Kier molecular flexibility index (Phi) is 5.48.